The molecule has 1 amide bonds. The summed E-state index contributed by atoms with van der Waals surface area (Å²) in [4.78, 5) is 22.6. The number of aryl methyl sites for hydroxylation is 1. The van der Waals surface area contributed by atoms with Crippen LogP contribution in [0.15, 0.2) is 70.2 Å². The molecule has 0 atom stereocenters. The van der Waals surface area contributed by atoms with E-state index in [2.05, 4.69) is 10.5 Å². The summed E-state index contributed by atoms with van der Waals surface area (Å²) in [5.41, 5.74) is 4.16. The van der Waals surface area contributed by atoms with Crippen molar-refractivity contribution in [2.75, 3.05) is 17.1 Å². The van der Waals surface area contributed by atoms with E-state index in [1.807, 2.05) is 19.1 Å². The van der Waals surface area contributed by atoms with E-state index in [9.17, 15) is 23.3 Å². The van der Waals surface area contributed by atoms with Crippen LogP contribution in [0, 0.1) is 10.1 Å². The van der Waals surface area contributed by atoms with Gasteiger partial charge in [-0.1, -0.05) is 25.1 Å². The number of hydrogen-bond acceptors (Lipinski definition) is 7. The number of carbonyl (C=O) groups excluding carboxylic acids is 1. The topological polar surface area (TPSA) is 135 Å². The van der Waals surface area contributed by atoms with E-state index in [1.54, 1.807) is 36.4 Å². The van der Waals surface area contributed by atoms with Crippen LogP contribution in [0.5, 0.6) is 0 Å². The minimum Gasteiger partial charge on any atom is -0.455 e. The molecule has 11 heteroatoms. The number of amides is 1. The zero-order valence-electron chi connectivity index (χ0n) is 18.0. The number of benzene rings is 2. The van der Waals surface area contributed by atoms with Gasteiger partial charge in [0.15, 0.2) is 0 Å². The van der Waals surface area contributed by atoms with Crippen LogP contribution in [0.25, 0.3) is 11.3 Å². The number of non-ortho nitro benzene ring substituents is 1. The monoisotopic (exact) mass is 470 g/mol. The van der Waals surface area contributed by atoms with E-state index in [0.717, 1.165) is 16.1 Å². The molecule has 0 spiro atoms. The van der Waals surface area contributed by atoms with E-state index < -0.39 is 27.4 Å². The Bertz CT molecular complexity index is 1280. The molecular formula is C22H22N4O6S. The SMILES string of the molecule is CCc1ccccc1N(CC(=O)N/N=C\c1ccc(-c2ccc([N+](=O)[O-])cc2)o1)S(C)(=O)=O. The van der Waals surface area contributed by atoms with Crippen LogP contribution in [0.2, 0.25) is 0 Å². The van der Waals surface area contributed by atoms with Gasteiger partial charge in [0.2, 0.25) is 10.0 Å². The molecule has 10 nitrogen and oxygen atoms in total. The first-order valence-corrected chi connectivity index (χ1v) is 11.8. The Balaban J connectivity index is 1.66. The smallest absolute Gasteiger partial charge is 0.269 e. The molecule has 1 N–H and O–H groups in total. The van der Waals surface area contributed by atoms with Crippen molar-refractivity contribution in [3.63, 3.8) is 0 Å². The second-order valence-electron chi connectivity index (χ2n) is 7.05. The maximum Gasteiger partial charge on any atom is 0.269 e. The van der Waals surface area contributed by atoms with Crippen molar-refractivity contribution in [1.82, 2.24) is 5.43 Å². The van der Waals surface area contributed by atoms with Crippen LogP contribution < -0.4 is 9.73 Å². The zero-order valence-corrected chi connectivity index (χ0v) is 18.8. The molecule has 0 fully saturated rings. The molecule has 0 unspecified atom stereocenters. The summed E-state index contributed by atoms with van der Waals surface area (Å²) < 4.78 is 31.2. The van der Waals surface area contributed by atoms with Crippen LogP contribution >= 0.6 is 0 Å². The van der Waals surface area contributed by atoms with Crippen molar-refractivity contribution >= 4 is 33.5 Å². The number of nitro benzene ring substituents is 1. The van der Waals surface area contributed by atoms with E-state index in [4.69, 9.17) is 4.42 Å². The lowest BCUT2D eigenvalue weighted by molar-refractivity contribution is -0.384. The fraction of sp³-hybridized carbons (Fsp3) is 0.182. The van der Waals surface area contributed by atoms with Crippen molar-refractivity contribution in [3.05, 3.63) is 82.1 Å². The highest BCUT2D eigenvalue weighted by Crippen LogP contribution is 2.24. The molecule has 0 radical (unpaired) electrons. The molecule has 0 aliphatic carbocycles. The summed E-state index contributed by atoms with van der Waals surface area (Å²) in [6.45, 7) is 1.47. The van der Waals surface area contributed by atoms with Crippen molar-refractivity contribution in [2.24, 2.45) is 5.10 Å². The summed E-state index contributed by atoms with van der Waals surface area (Å²) in [5, 5.41) is 14.6. The summed E-state index contributed by atoms with van der Waals surface area (Å²) in [6.07, 6.45) is 2.92. The Morgan fingerprint density at radius 2 is 1.85 bits per heavy atom. The molecule has 0 aliphatic rings. The van der Waals surface area contributed by atoms with E-state index in [-0.39, 0.29) is 5.69 Å². The summed E-state index contributed by atoms with van der Waals surface area (Å²) in [7, 11) is -3.70. The standard InChI is InChI=1S/C22H22N4O6S/c1-3-16-6-4-5-7-20(16)25(33(2,30)31)15-22(27)24-23-14-19-12-13-21(32-19)17-8-10-18(11-9-17)26(28)29/h4-14H,3,15H2,1-2H3,(H,24,27)/b23-14-. The van der Waals surface area contributed by atoms with Gasteiger partial charge in [-0.3, -0.25) is 19.2 Å². The van der Waals surface area contributed by atoms with Gasteiger partial charge in [0.1, 0.15) is 18.1 Å². The quantitative estimate of drug-likeness (QED) is 0.289. The van der Waals surface area contributed by atoms with E-state index in [1.165, 1.54) is 18.3 Å². The Hall–Kier alpha value is -3.99. The average molecular weight is 471 g/mol. The number of hydrazone groups is 1. The number of nitrogens with zero attached hydrogens (tertiary/aromatic N) is 3. The van der Waals surface area contributed by atoms with E-state index in [0.29, 0.717) is 29.2 Å². The van der Waals surface area contributed by atoms with E-state index >= 15 is 0 Å². The van der Waals surface area contributed by atoms with Gasteiger partial charge in [-0.15, -0.1) is 0 Å². The van der Waals surface area contributed by atoms with Gasteiger partial charge in [-0.05, 0) is 42.3 Å². The van der Waals surface area contributed by atoms with Crippen LogP contribution in [-0.4, -0.2) is 38.3 Å². The molecule has 1 aromatic heterocycles. The lowest BCUT2D eigenvalue weighted by Crippen LogP contribution is -2.39. The van der Waals surface area contributed by atoms with Gasteiger partial charge in [-0.2, -0.15) is 5.10 Å². The predicted molar refractivity (Wildman–Crippen MR) is 125 cm³/mol. The average Bonchev–Trinajstić information content (AvgIpc) is 3.25. The van der Waals surface area contributed by atoms with Gasteiger partial charge in [0, 0.05) is 17.7 Å². The van der Waals surface area contributed by atoms with Gasteiger partial charge in [0.25, 0.3) is 11.6 Å². The van der Waals surface area contributed by atoms with Crippen LogP contribution in [0.1, 0.15) is 18.2 Å². The lowest BCUT2D eigenvalue weighted by atomic mass is 10.1. The molecule has 1 heterocycles. The maximum atomic E-state index is 12.4. The number of anilines is 1. The second-order valence-corrected chi connectivity index (χ2v) is 8.96. The number of para-hydroxylation sites is 1. The highest BCUT2D eigenvalue weighted by atomic mass is 32.2. The predicted octanol–water partition coefficient (Wildman–Crippen LogP) is 3.33. The van der Waals surface area contributed by atoms with Gasteiger partial charge in [0.05, 0.1) is 23.1 Å². The summed E-state index contributed by atoms with van der Waals surface area (Å²) in [6, 6.07) is 16.1. The first-order valence-electron chi connectivity index (χ1n) is 9.91. The largest absolute Gasteiger partial charge is 0.455 e. The maximum absolute atomic E-state index is 12.4. The second kappa shape index (κ2) is 10.1. The summed E-state index contributed by atoms with van der Waals surface area (Å²) in [5.74, 6) is 0.182. The van der Waals surface area contributed by atoms with Crippen molar-refractivity contribution in [2.45, 2.75) is 13.3 Å². The Kier molecular flexibility index (Phi) is 7.23. The molecule has 0 saturated heterocycles. The third-order valence-corrected chi connectivity index (χ3v) is 5.83. The third kappa shape index (κ3) is 6.04. The molecule has 33 heavy (non-hydrogen) atoms. The first kappa shape index (κ1) is 23.7. The molecule has 0 aliphatic heterocycles. The molecule has 3 aromatic rings. The molecule has 0 saturated carbocycles. The number of sulfonamides is 1. The highest BCUT2D eigenvalue weighted by Gasteiger charge is 2.22. The number of carbonyl (C=O) groups is 1. The minimum atomic E-state index is -3.70. The number of nitrogens with one attached hydrogen (secondary N) is 1. The van der Waals surface area contributed by atoms with Crippen molar-refractivity contribution in [1.29, 1.82) is 0 Å². The number of nitro groups is 1. The first-order chi connectivity index (χ1) is 15.7. The Morgan fingerprint density at radius 3 is 2.48 bits per heavy atom. The molecular weight excluding hydrogens is 448 g/mol. The highest BCUT2D eigenvalue weighted by molar-refractivity contribution is 7.92. The molecule has 2 aromatic carbocycles. The Labute approximate surface area is 190 Å². The summed E-state index contributed by atoms with van der Waals surface area (Å²) >= 11 is 0. The van der Waals surface area contributed by atoms with Crippen LogP contribution in [0.3, 0.4) is 0 Å². The number of rotatable bonds is 9. The Morgan fingerprint density at radius 1 is 1.15 bits per heavy atom. The molecule has 0 bridgehead atoms. The lowest BCUT2D eigenvalue weighted by Gasteiger charge is -2.23. The normalized spacial score (nSPS) is 11.5. The third-order valence-electron chi connectivity index (χ3n) is 4.70. The molecule has 3 rings (SSSR count). The fourth-order valence-electron chi connectivity index (χ4n) is 3.09. The van der Waals surface area contributed by atoms with Gasteiger partial charge in [-0.25, -0.2) is 13.8 Å². The van der Waals surface area contributed by atoms with Gasteiger partial charge >= 0.3 is 0 Å². The van der Waals surface area contributed by atoms with Crippen molar-refractivity contribution < 1.29 is 22.6 Å². The zero-order chi connectivity index (χ0) is 24.0. The van der Waals surface area contributed by atoms with Crippen LogP contribution in [-0.2, 0) is 21.2 Å². The van der Waals surface area contributed by atoms with Gasteiger partial charge < -0.3 is 4.42 Å². The van der Waals surface area contributed by atoms with Crippen molar-refractivity contribution in [3.8, 4) is 11.3 Å². The molecule has 172 valence electrons. The number of hydrogen-bond donors (Lipinski definition) is 1. The fourth-order valence-corrected chi connectivity index (χ4v) is 3.98. The number of furan rings is 1. The van der Waals surface area contributed by atoms with Crippen LogP contribution in [0.4, 0.5) is 11.4 Å². The minimum absolute atomic E-state index is 0.0282.